The second-order valence-corrected chi connectivity index (χ2v) is 4.62. The van der Waals surface area contributed by atoms with Crippen molar-refractivity contribution < 1.29 is 14.3 Å². The van der Waals surface area contributed by atoms with Crippen molar-refractivity contribution in [2.24, 2.45) is 0 Å². The highest BCUT2D eigenvalue weighted by molar-refractivity contribution is 6.31. The van der Waals surface area contributed by atoms with Crippen molar-refractivity contribution in [1.82, 2.24) is 0 Å². The first-order valence-electron chi connectivity index (χ1n) is 5.22. The Kier molecular flexibility index (Phi) is 3.93. The maximum absolute atomic E-state index is 13.6. The second-order valence-electron chi connectivity index (χ2n) is 3.74. The SMILES string of the molecule is O=C(O)c1cc(Cl)ccc1Nc1cc(Cl)ccc1F. The molecule has 98 valence electrons. The molecule has 0 radical (unpaired) electrons. The lowest BCUT2D eigenvalue weighted by atomic mass is 10.1. The number of carboxylic acid groups (broad SMARTS) is 1. The highest BCUT2D eigenvalue weighted by atomic mass is 35.5. The summed E-state index contributed by atoms with van der Waals surface area (Å²) in [6.45, 7) is 0. The molecule has 2 rings (SSSR count). The van der Waals surface area contributed by atoms with Gasteiger partial charge < -0.3 is 10.4 Å². The van der Waals surface area contributed by atoms with Crippen LogP contribution in [-0.2, 0) is 0 Å². The summed E-state index contributed by atoms with van der Waals surface area (Å²) in [5.41, 5.74) is 0.280. The molecular weight excluding hydrogens is 292 g/mol. The van der Waals surface area contributed by atoms with Gasteiger partial charge in [-0.05, 0) is 36.4 Å². The normalized spacial score (nSPS) is 10.3. The van der Waals surface area contributed by atoms with E-state index in [2.05, 4.69) is 5.32 Å². The average Bonchev–Trinajstić information content (AvgIpc) is 2.35. The van der Waals surface area contributed by atoms with Crippen molar-refractivity contribution in [2.45, 2.75) is 0 Å². The molecule has 0 bridgehead atoms. The molecule has 3 nitrogen and oxygen atoms in total. The van der Waals surface area contributed by atoms with Crippen molar-refractivity contribution in [3.63, 3.8) is 0 Å². The van der Waals surface area contributed by atoms with Gasteiger partial charge in [0.25, 0.3) is 0 Å². The summed E-state index contributed by atoms with van der Waals surface area (Å²) < 4.78 is 13.6. The summed E-state index contributed by atoms with van der Waals surface area (Å²) in [6.07, 6.45) is 0. The Labute approximate surface area is 118 Å². The molecule has 0 amide bonds. The van der Waals surface area contributed by atoms with Crippen LogP contribution >= 0.6 is 23.2 Å². The zero-order valence-corrected chi connectivity index (χ0v) is 11.0. The largest absolute Gasteiger partial charge is 0.478 e. The molecule has 0 saturated carbocycles. The number of benzene rings is 2. The van der Waals surface area contributed by atoms with E-state index in [4.69, 9.17) is 28.3 Å². The second kappa shape index (κ2) is 5.47. The number of carboxylic acids is 1. The molecule has 2 aromatic carbocycles. The van der Waals surface area contributed by atoms with Crippen molar-refractivity contribution in [1.29, 1.82) is 0 Å². The summed E-state index contributed by atoms with van der Waals surface area (Å²) >= 11 is 11.5. The first-order valence-corrected chi connectivity index (χ1v) is 5.98. The van der Waals surface area contributed by atoms with E-state index in [-0.39, 0.29) is 22.0 Å². The van der Waals surface area contributed by atoms with Gasteiger partial charge in [0.1, 0.15) is 5.82 Å². The Balaban J connectivity index is 2.43. The quantitative estimate of drug-likeness (QED) is 0.872. The van der Waals surface area contributed by atoms with Crippen molar-refractivity contribution in [3.05, 3.63) is 57.8 Å². The number of carbonyl (C=O) groups is 1. The summed E-state index contributed by atoms with van der Waals surface area (Å²) in [5.74, 6) is -1.69. The zero-order valence-electron chi connectivity index (χ0n) is 9.45. The number of aromatic carboxylic acids is 1. The summed E-state index contributed by atoms with van der Waals surface area (Å²) in [4.78, 5) is 11.1. The first kappa shape index (κ1) is 13.6. The molecule has 0 unspecified atom stereocenters. The number of nitrogens with one attached hydrogen (secondary N) is 1. The number of anilines is 2. The lowest BCUT2D eigenvalue weighted by molar-refractivity contribution is 0.0698. The number of halogens is 3. The molecule has 0 aliphatic rings. The highest BCUT2D eigenvalue weighted by Gasteiger charge is 2.12. The number of rotatable bonds is 3. The molecule has 19 heavy (non-hydrogen) atoms. The maximum atomic E-state index is 13.6. The van der Waals surface area contributed by atoms with E-state index in [1.165, 1.54) is 36.4 Å². The molecule has 0 heterocycles. The van der Waals surface area contributed by atoms with Crippen LogP contribution in [-0.4, -0.2) is 11.1 Å². The molecule has 0 spiro atoms. The van der Waals surface area contributed by atoms with Crippen molar-refractivity contribution >= 4 is 40.5 Å². The topological polar surface area (TPSA) is 49.3 Å². The lowest BCUT2D eigenvalue weighted by Gasteiger charge is -2.11. The van der Waals surface area contributed by atoms with E-state index in [0.717, 1.165) is 0 Å². The van der Waals surface area contributed by atoms with Gasteiger partial charge in [0.2, 0.25) is 0 Å². The fourth-order valence-electron chi connectivity index (χ4n) is 1.54. The van der Waals surface area contributed by atoms with Crippen LogP contribution in [0.3, 0.4) is 0 Å². The van der Waals surface area contributed by atoms with Crippen molar-refractivity contribution in [2.75, 3.05) is 5.32 Å². The zero-order chi connectivity index (χ0) is 14.0. The molecule has 0 aliphatic heterocycles. The number of hydrogen-bond acceptors (Lipinski definition) is 2. The van der Waals surface area contributed by atoms with Gasteiger partial charge in [-0.3, -0.25) is 0 Å². The van der Waals surface area contributed by atoms with Gasteiger partial charge in [-0.25, -0.2) is 9.18 Å². The van der Waals surface area contributed by atoms with Crippen LogP contribution in [0.2, 0.25) is 10.0 Å². The molecule has 0 aromatic heterocycles. The van der Waals surface area contributed by atoms with Crippen molar-refractivity contribution in [3.8, 4) is 0 Å². The van der Waals surface area contributed by atoms with Gasteiger partial charge in [-0.2, -0.15) is 0 Å². The standard InChI is InChI=1S/C13H8Cl2FNO2/c14-7-2-4-11(9(5-7)13(18)19)17-12-6-8(15)1-3-10(12)16/h1-6,17H,(H,18,19). The van der Waals surface area contributed by atoms with Crippen LogP contribution in [0.4, 0.5) is 15.8 Å². The molecule has 2 N–H and O–H groups in total. The Morgan fingerprint density at radius 1 is 1.05 bits per heavy atom. The van der Waals surface area contributed by atoms with Crippen LogP contribution in [0.5, 0.6) is 0 Å². The summed E-state index contributed by atoms with van der Waals surface area (Å²) in [5, 5.41) is 12.4. The number of hydrogen-bond donors (Lipinski definition) is 2. The fourth-order valence-corrected chi connectivity index (χ4v) is 1.88. The molecule has 0 fully saturated rings. The fraction of sp³-hybridized carbons (Fsp3) is 0. The Morgan fingerprint density at radius 3 is 2.37 bits per heavy atom. The van der Waals surface area contributed by atoms with Crippen LogP contribution in [0, 0.1) is 5.82 Å². The van der Waals surface area contributed by atoms with E-state index in [1.807, 2.05) is 0 Å². The van der Waals surface area contributed by atoms with E-state index in [1.54, 1.807) is 0 Å². The average molecular weight is 300 g/mol. The molecular formula is C13H8Cl2FNO2. The minimum atomic E-state index is -1.16. The third kappa shape index (κ3) is 3.16. The maximum Gasteiger partial charge on any atom is 0.337 e. The molecule has 0 atom stereocenters. The summed E-state index contributed by atoms with van der Waals surface area (Å²) in [6, 6.07) is 8.24. The monoisotopic (exact) mass is 299 g/mol. The van der Waals surface area contributed by atoms with Crippen LogP contribution in [0.25, 0.3) is 0 Å². The van der Waals surface area contributed by atoms with Gasteiger partial charge in [0.15, 0.2) is 0 Å². The van der Waals surface area contributed by atoms with Gasteiger partial charge in [-0.1, -0.05) is 23.2 Å². The van der Waals surface area contributed by atoms with E-state index >= 15 is 0 Å². The third-order valence-corrected chi connectivity index (χ3v) is 2.88. The Hall–Kier alpha value is -1.78. The van der Waals surface area contributed by atoms with E-state index in [9.17, 15) is 9.18 Å². The smallest absolute Gasteiger partial charge is 0.337 e. The van der Waals surface area contributed by atoms with Crippen LogP contribution in [0.1, 0.15) is 10.4 Å². The minimum absolute atomic E-state index is 0.0492. The molecule has 6 heteroatoms. The minimum Gasteiger partial charge on any atom is -0.478 e. The highest BCUT2D eigenvalue weighted by Crippen LogP contribution is 2.27. The van der Waals surface area contributed by atoms with E-state index in [0.29, 0.717) is 5.02 Å². The Bertz CT molecular complexity index is 647. The summed E-state index contributed by atoms with van der Waals surface area (Å²) in [7, 11) is 0. The van der Waals surface area contributed by atoms with Crippen LogP contribution < -0.4 is 5.32 Å². The van der Waals surface area contributed by atoms with Gasteiger partial charge in [0.05, 0.1) is 16.9 Å². The third-order valence-electron chi connectivity index (χ3n) is 2.41. The molecule has 0 saturated heterocycles. The molecule has 2 aromatic rings. The van der Waals surface area contributed by atoms with Crippen LogP contribution in [0.15, 0.2) is 36.4 Å². The predicted octanol–water partition coefficient (Wildman–Crippen LogP) is 4.57. The van der Waals surface area contributed by atoms with Gasteiger partial charge in [0, 0.05) is 10.0 Å². The Morgan fingerprint density at radius 2 is 1.68 bits per heavy atom. The van der Waals surface area contributed by atoms with E-state index < -0.39 is 11.8 Å². The van der Waals surface area contributed by atoms with Gasteiger partial charge >= 0.3 is 5.97 Å². The predicted molar refractivity (Wildman–Crippen MR) is 73.1 cm³/mol. The first-order chi connectivity index (χ1) is 8.97. The molecule has 0 aliphatic carbocycles. The lowest BCUT2D eigenvalue weighted by Crippen LogP contribution is -2.03. The van der Waals surface area contributed by atoms with Gasteiger partial charge in [-0.15, -0.1) is 0 Å².